The van der Waals surface area contributed by atoms with E-state index in [-0.39, 0.29) is 12.5 Å². The van der Waals surface area contributed by atoms with Crippen LogP contribution in [0.3, 0.4) is 0 Å². The Kier molecular flexibility index (Phi) is 4.15. The van der Waals surface area contributed by atoms with Crippen LogP contribution in [0.1, 0.15) is 16.1 Å². The van der Waals surface area contributed by atoms with E-state index in [0.717, 1.165) is 16.5 Å². The fourth-order valence-electron chi connectivity index (χ4n) is 2.28. The molecule has 1 heterocycles. The number of nitrogens with one attached hydrogen (secondary N) is 2. The summed E-state index contributed by atoms with van der Waals surface area (Å²) in [7, 11) is 0. The first kappa shape index (κ1) is 15.5. The Labute approximate surface area is 137 Å². The van der Waals surface area contributed by atoms with Crippen LogP contribution in [0.5, 0.6) is 5.75 Å². The summed E-state index contributed by atoms with van der Waals surface area (Å²) >= 11 is 0. The lowest BCUT2D eigenvalue weighted by atomic mass is 10.1. The summed E-state index contributed by atoms with van der Waals surface area (Å²) in [6, 6.07) is 12.4. The van der Waals surface area contributed by atoms with Crippen LogP contribution in [0, 0.1) is 6.92 Å². The number of primary amides is 1. The van der Waals surface area contributed by atoms with Crippen molar-refractivity contribution in [3.05, 3.63) is 53.7 Å². The van der Waals surface area contributed by atoms with Crippen molar-refractivity contribution in [2.75, 3.05) is 11.9 Å². The summed E-state index contributed by atoms with van der Waals surface area (Å²) in [5.74, 6) is -0.363. The fourth-order valence-corrected chi connectivity index (χ4v) is 2.28. The summed E-state index contributed by atoms with van der Waals surface area (Å²) < 4.78 is 5.17. The lowest BCUT2D eigenvalue weighted by Crippen LogP contribution is -2.20. The van der Waals surface area contributed by atoms with E-state index < -0.39 is 5.91 Å². The maximum Gasteiger partial charge on any atom is 0.276 e. The predicted molar refractivity (Wildman–Crippen MR) is 89.9 cm³/mol. The molecule has 2 aromatic carbocycles. The molecule has 24 heavy (non-hydrogen) atoms. The van der Waals surface area contributed by atoms with E-state index in [2.05, 4.69) is 15.5 Å². The number of hydrogen-bond acceptors (Lipinski definition) is 4. The SMILES string of the molecule is Cc1ccc2[nH]nc(C(=O)Nc3ccc(OCC(N)=O)cc3)c2c1. The minimum atomic E-state index is -0.548. The topological polar surface area (TPSA) is 110 Å². The molecule has 0 aliphatic heterocycles. The van der Waals surface area contributed by atoms with Gasteiger partial charge in [-0.2, -0.15) is 5.10 Å². The average Bonchev–Trinajstić information content (AvgIpc) is 2.97. The summed E-state index contributed by atoms with van der Waals surface area (Å²) in [6.45, 7) is 1.77. The van der Waals surface area contributed by atoms with E-state index in [1.807, 2.05) is 25.1 Å². The summed E-state index contributed by atoms with van der Waals surface area (Å²) in [5.41, 5.74) is 7.80. The fraction of sp³-hybridized carbons (Fsp3) is 0.118. The number of benzene rings is 2. The normalized spacial score (nSPS) is 10.5. The number of anilines is 1. The van der Waals surface area contributed by atoms with E-state index in [4.69, 9.17) is 10.5 Å². The Hall–Kier alpha value is -3.35. The molecule has 2 amide bonds. The molecule has 0 spiro atoms. The Bertz CT molecular complexity index is 900. The molecular weight excluding hydrogens is 308 g/mol. The number of rotatable bonds is 5. The van der Waals surface area contributed by atoms with Gasteiger partial charge in [-0.1, -0.05) is 11.6 Å². The molecular formula is C17H16N4O3. The number of ether oxygens (including phenoxy) is 1. The Morgan fingerprint density at radius 2 is 1.96 bits per heavy atom. The Morgan fingerprint density at radius 3 is 2.67 bits per heavy atom. The number of amides is 2. The van der Waals surface area contributed by atoms with Gasteiger partial charge in [0, 0.05) is 11.1 Å². The number of carbonyl (C=O) groups is 2. The second kappa shape index (κ2) is 6.41. The molecule has 0 bridgehead atoms. The smallest absolute Gasteiger partial charge is 0.276 e. The second-order valence-electron chi connectivity index (χ2n) is 5.35. The average molecular weight is 324 g/mol. The van der Waals surface area contributed by atoms with Crippen LogP contribution in [-0.4, -0.2) is 28.6 Å². The van der Waals surface area contributed by atoms with Crippen molar-refractivity contribution in [3.63, 3.8) is 0 Å². The molecule has 0 fully saturated rings. The zero-order valence-electron chi connectivity index (χ0n) is 13.0. The zero-order valence-corrected chi connectivity index (χ0v) is 13.0. The van der Waals surface area contributed by atoms with Crippen LogP contribution in [0.15, 0.2) is 42.5 Å². The predicted octanol–water partition coefficient (Wildman–Crippen LogP) is 1.99. The van der Waals surface area contributed by atoms with Gasteiger partial charge in [-0.15, -0.1) is 0 Å². The molecule has 0 atom stereocenters. The van der Waals surface area contributed by atoms with Crippen molar-refractivity contribution in [2.24, 2.45) is 5.73 Å². The molecule has 0 unspecified atom stereocenters. The minimum Gasteiger partial charge on any atom is -0.484 e. The lowest BCUT2D eigenvalue weighted by molar-refractivity contribution is -0.119. The van der Waals surface area contributed by atoms with Crippen LogP contribution in [0.25, 0.3) is 10.9 Å². The van der Waals surface area contributed by atoms with Gasteiger partial charge >= 0.3 is 0 Å². The molecule has 3 aromatic rings. The Morgan fingerprint density at radius 1 is 1.21 bits per heavy atom. The molecule has 0 saturated heterocycles. The van der Waals surface area contributed by atoms with E-state index >= 15 is 0 Å². The van der Waals surface area contributed by atoms with Crippen LogP contribution in [-0.2, 0) is 4.79 Å². The van der Waals surface area contributed by atoms with Gasteiger partial charge in [0.2, 0.25) is 0 Å². The van der Waals surface area contributed by atoms with E-state index in [0.29, 0.717) is 17.1 Å². The summed E-state index contributed by atoms with van der Waals surface area (Å²) in [4.78, 5) is 23.1. The molecule has 3 rings (SSSR count). The van der Waals surface area contributed by atoms with Crippen LogP contribution >= 0.6 is 0 Å². The third-order valence-electron chi connectivity index (χ3n) is 3.43. The molecule has 122 valence electrons. The largest absolute Gasteiger partial charge is 0.484 e. The van der Waals surface area contributed by atoms with Gasteiger partial charge in [-0.3, -0.25) is 14.7 Å². The number of aryl methyl sites for hydroxylation is 1. The number of H-pyrrole nitrogens is 1. The third-order valence-corrected chi connectivity index (χ3v) is 3.43. The van der Waals surface area contributed by atoms with Gasteiger partial charge in [-0.05, 0) is 43.3 Å². The molecule has 0 aliphatic carbocycles. The van der Waals surface area contributed by atoms with Crippen molar-refractivity contribution >= 4 is 28.4 Å². The van der Waals surface area contributed by atoms with Gasteiger partial charge in [-0.25, -0.2) is 0 Å². The molecule has 7 nitrogen and oxygen atoms in total. The lowest BCUT2D eigenvalue weighted by Gasteiger charge is -2.06. The maximum atomic E-state index is 12.4. The van der Waals surface area contributed by atoms with E-state index in [1.54, 1.807) is 24.3 Å². The van der Waals surface area contributed by atoms with Crippen molar-refractivity contribution < 1.29 is 14.3 Å². The molecule has 0 aliphatic rings. The summed E-state index contributed by atoms with van der Waals surface area (Å²) in [6.07, 6.45) is 0. The van der Waals surface area contributed by atoms with Crippen LogP contribution in [0.4, 0.5) is 5.69 Å². The highest BCUT2D eigenvalue weighted by Crippen LogP contribution is 2.20. The van der Waals surface area contributed by atoms with Crippen molar-refractivity contribution in [1.82, 2.24) is 10.2 Å². The zero-order chi connectivity index (χ0) is 17.1. The highest BCUT2D eigenvalue weighted by molar-refractivity contribution is 6.11. The quantitative estimate of drug-likeness (QED) is 0.666. The van der Waals surface area contributed by atoms with Crippen LogP contribution < -0.4 is 15.8 Å². The summed E-state index contributed by atoms with van der Waals surface area (Å²) in [5, 5.41) is 10.5. The number of hydrogen-bond donors (Lipinski definition) is 3. The number of nitrogens with zero attached hydrogens (tertiary/aromatic N) is 1. The third kappa shape index (κ3) is 3.35. The van der Waals surface area contributed by atoms with Crippen molar-refractivity contribution in [3.8, 4) is 5.75 Å². The Balaban J connectivity index is 1.74. The molecule has 0 saturated carbocycles. The van der Waals surface area contributed by atoms with Crippen molar-refractivity contribution in [2.45, 2.75) is 6.92 Å². The van der Waals surface area contributed by atoms with Gasteiger partial charge < -0.3 is 15.8 Å². The van der Waals surface area contributed by atoms with Gasteiger partial charge in [0.25, 0.3) is 11.8 Å². The highest BCUT2D eigenvalue weighted by atomic mass is 16.5. The van der Waals surface area contributed by atoms with Crippen LogP contribution in [0.2, 0.25) is 0 Å². The molecule has 0 radical (unpaired) electrons. The first-order valence-electron chi connectivity index (χ1n) is 7.30. The second-order valence-corrected chi connectivity index (χ2v) is 5.35. The number of aromatic amines is 1. The van der Waals surface area contributed by atoms with E-state index in [9.17, 15) is 9.59 Å². The highest BCUT2D eigenvalue weighted by Gasteiger charge is 2.14. The number of nitrogens with two attached hydrogens (primary N) is 1. The first-order chi connectivity index (χ1) is 11.5. The van der Waals surface area contributed by atoms with Gasteiger partial charge in [0.05, 0.1) is 5.52 Å². The maximum absolute atomic E-state index is 12.4. The van der Waals surface area contributed by atoms with Gasteiger partial charge in [0.1, 0.15) is 5.75 Å². The number of fused-ring (bicyclic) bond motifs is 1. The molecule has 1 aromatic heterocycles. The standard InChI is InChI=1S/C17H16N4O3/c1-10-2-7-14-13(8-10)16(21-20-14)17(23)19-11-3-5-12(6-4-11)24-9-15(18)22/h2-8H,9H2,1H3,(H2,18,22)(H,19,23)(H,20,21). The first-order valence-corrected chi connectivity index (χ1v) is 7.30. The molecule has 7 heteroatoms. The number of aromatic nitrogens is 2. The van der Waals surface area contributed by atoms with Gasteiger partial charge in [0.15, 0.2) is 12.3 Å². The minimum absolute atomic E-state index is 0.190. The number of carbonyl (C=O) groups excluding carboxylic acids is 2. The molecule has 4 N–H and O–H groups in total. The van der Waals surface area contributed by atoms with Crippen molar-refractivity contribution in [1.29, 1.82) is 0 Å². The van der Waals surface area contributed by atoms with E-state index in [1.165, 1.54) is 0 Å². The monoisotopic (exact) mass is 324 g/mol.